The molecule has 0 saturated heterocycles. The second-order valence-electron chi connectivity index (χ2n) is 7.14. The number of halogens is 1. The van der Waals surface area contributed by atoms with Gasteiger partial charge in [-0.1, -0.05) is 23.7 Å². The highest BCUT2D eigenvalue weighted by Gasteiger charge is 2.26. The van der Waals surface area contributed by atoms with Gasteiger partial charge >= 0.3 is 0 Å². The monoisotopic (exact) mass is 439 g/mol. The zero-order valence-corrected chi connectivity index (χ0v) is 18.1. The number of nitrogens with one attached hydrogen (secondary N) is 1. The van der Waals surface area contributed by atoms with Crippen molar-refractivity contribution in [3.8, 4) is 10.6 Å². The number of amides is 1. The van der Waals surface area contributed by atoms with E-state index in [0.29, 0.717) is 10.6 Å². The van der Waals surface area contributed by atoms with Crippen LogP contribution in [0.4, 0.5) is 5.00 Å². The lowest BCUT2D eigenvalue weighted by Crippen LogP contribution is -2.25. The summed E-state index contributed by atoms with van der Waals surface area (Å²) in [6.07, 6.45) is 0.963. The van der Waals surface area contributed by atoms with Crippen LogP contribution in [-0.2, 0) is 13.0 Å². The third kappa shape index (κ3) is 3.57. The Labute approximate surface area is 181 Å². The van der Waals surface area contributed by atoms with Crippen molar-refractivity contribution >= 4 is 55.4 Å². The number of hydrogen-bond donors (Lipinski definition) is 1. The predicted molar refractivity (Wildman–Crippen MR) is 122 cm³/mol. The third-order valence-electron chi connectivity index (χ3n) is 5.09. The first-order valence-electron chi connectivity index (χ1n) is 9.34. The maximum Gasteiger partial charge on any atom is 0.256 e. The fraction of sp³-hybridized carbons (Fsp3) is 0.182. The Balaban J connectivity index is 1.59. The minimum absolute atomic E-state index is 0.129. The highest BCUT2D eigenvalue weighted by molar-refractivity contribution is 7.23. The summed E-state index contributed by atoms with van der Waals surface area (Å²) in [4.78, 5) is 21.4. The molecule has 4 nitrogen and oxygen atoms in total. The normalized spacial score (nSPS) is 14.1. The molecule has 146 valence electrons. The summed E-state index contributed by atoms with van der Waals surface area (Å²) in [5.41, 5.74) is 3.99. The van der Waals surface area contributed by atoms with Crippen molar-refractivity contribution in [2.75, 3.05) is 18.9 Å². The molecule has 1 aliphatic heterocycles. The van der Waals surface area contributed by atoms with Crippen molar-refractivity contribution in [2.45, 2.75) is 13.0 Å². The number of carbonyl (C=O) groups is 1. The lowest BCUT2D eigenvalue weighted by atomic mass is 10.0. The highest BCUT2D eigenvalue weighted by atomic mass is 35.5. The van der Waals surface area contributed by atoms with Gasteiger partial charge in [0.2, 0.25) is 0 Å². The van der Waals surface area contributed by atoms with Gasteiger partial charge in [0.25, 0.3) is 5.91 Å². The lowest BCUT2D eigenvalue weighted by molar-refractivity contribution is 0.102. The molecule has 1 aliphatic rings. The largest absolute Gasteiger partial charge is 0.313 e. The summed E-state index contributed by atoms with van der Waals surface area (Å²) in [5.74, 6) is -0.129. The maximum atomic E-state index is 12.9. The molecule has 29 heavy (non-hydrogen) atoms. The van der Waals surface area contributed by atoms with Crippen LogP contribution in [0.2, 0.25) is 5.02 Å². The smallest absolute Gasteiger partial charge is 0.256 e. The quantitative estimate of drug-likeness (QED) is 0.431. The molecule has 0 spiro atoms. The van der Waals surface area contributed by atoms with E-state index in [2.05, 4.69) is 23.3 Å². The van der Waals surface area contributed by atoms with Crippen molar-refractivity contribution < 1.29 is 4.79 Å². The predicted octanol–water partition coefficient (Wildman–Crippen LogP) is 5.92. The number of hydrogen-bond acceptors (Lipinski definition) is 5. The molecule has 7 heteroatoms. The van der Waals surface area contributed by atoms with Crippen molar-refractivity contribution in [1.29, 1.82) is 0 Å². The first kappa shape index (κ1) is 18.8. The van der Waals surface area contributed by atoms with Gasteiger partial charge in [0, 0.05) is 34.1 Å². The number of benzene rings is 2. The number of fused-ring (bicyclic) bond motifs is 2. The molecule has 0 unspecified atom stereocenters. The van der Waals surface area contributed by atoms with Gasteiger partial charge in [-0.05, 0) is 55.4 Å². The molecule has 5 rings (SSSR count). The molecule has 0 saturated carbocycles. The van der Waals surface area contributed by atoms with Crippen LogP contribution >= 0.6 is 34.3 Å². The second-order valence-corrected chi connectivity index (χ2v) is 9.72. The van der Waals surface area contributed by atoms with Crippen LogP contribution in [0.1, 0.15) is 20.8 Å². The molecule has 0 radical (unpaired) electrons. The Hall–Kier alpha value is -2.25. The van der Waals surface area contributed by atoms with E-state index in [4.69, 9.17) is 16.6 Å². The van der Waals surface area contributed by atoms with E-state index in [0.717, 1.165) is 45.3 Å². The van der Waals surface area contributed by atoms with E-state index >= 15 is 0 Å². The van der Waals surface area contributed by atoms with Crippen LogP contribution in [0.15, 0.2) is 48.5 Å². The molecule has 2 aromatic heterocycles. The highest BCUT2D eigenvalue weighted by Crippen LogP contribution is 2.45. The molecular formula is C22H18ClN3OS2. The number of nitrogens with zero attached hydrogens (tertiary/aromatic N) is 2. The van der Waals surface area contributed by atoms with Crippen LogP contribution in [-0.4, -0.2) is 29.4 Å². The van der Waals surface area contributed by atoms with Gasteiger partial charge < -0.3 is 10.2 Å². The first-order chi connectivity index (χ1) is 14.1. The number of thiazole rings is 1. The summed E-state index contributed by atoms with van der Waals surface area (Å²) in [7, 11) is 2.13. The fourth-order valence-electron chi connectivity index (χ4n) is 3.60. The lowest BCUT2D eigenvalue weighted by Gasteiger charge is -2.22. The Morgan fingerprint density at radius 3 is 2.72 bits per heavy atom. The topological polar surface area (TPSA) is 45.2 Å². The molecule has 3 heterocycles. The van der Waals surface area contributed by atoms with Crippen molar-refractivity contribution in [1.82, 2.24) is 9.88 Å². The molecule has 0 atom stereocenters. The van der Waals surface area contributed by atoms with E-state index < -0.39 is 0 Å². The summed E-state index contributed by atoms with van der Waals surface area (Å²) in [6.45, 7) is 1.90. The Bertz CT molecular complexity index is 1180. The van der Waals surface area contributed by atoms with Crippen LogP contribution in [0.5, 0.6) is 0 Å². The first-order valence-corrected chi connectivity index (χ1v) is 11.4. The summed E-state index contributed by atoms with van der Waals surface area (Å²) in [6, 6.07) is 15.1. The number of aromatic nitrogens is 1. The zero-order chi connectivity index (χ0) is 20.0. The molecule has 4 aromatic rings. The van der Waals surface area contributed by atoms with Gasteiger partial charge in [-0.2, -0.15) is 0 Å². The van der Waals surface area contributed by atoms with Crippen molar-refractivity contribution in [2.24, 2.45) is 0 Å². The Kier molecular flexibility index (Phi) is 4.87. The molecule has 0 aliphatic carbocycles. The number of likely N-dealkylation sites (N-methyl/N-ethyl adjacent to an activating group) is 1. The number of rotatable bonds is 3. The minimum atomic E-state index is -0.129. The van der Waals surface area contributed by atoms with E-state index in [1.165, 1.54) is 10.4 Å². The van der Waals surface area contributed by atoms with Gasteiger partial charge in [0.05, 0.1) is 10.2 Å². The SMILES string of the molecule is CN1CCc2c(sc(NC(=O)c3ccc(Cl)cc3)c2-c2nc3ccccc3s2)C1. The average molecular weight is 440 g/mol. The summed E-state index contributed by atoms with van der Waals surface area (Å²) < 4.78 is 1.16. The summed E-state index contributed by atoms with van der Waals surface area (Å²) >= 11 is 9.31. The maximum absolute atomic E-state index is 12.9. The van der Waals surface area contributed by atoms with Gasteiger partial charge in [-0.15, -0.1) is 22.7 Å². The molecule has 2 aromatic carbocycles. The van der Waals surface area contributed by atoms with Gasteiger partial charge in [-0.25, -0.2) is 4.98 Å². The van der Waals surface area contributed by atoms with Gasteiger partial charge in [0.1, 0.15) is 10.0 Å². The molecule has 0 fully saturated rings. The second kappa shape index (κ2) is 7.54. The Morgan fingerprint density at radius 2 is 1.93 bits per heavy atom. The molecule has 0 bridgehead atoms. The molecule has 1 amide bonds. The molecular weight excluding hydrogens is 422 g/mol. The third-order valence-corrected chi connectivity index (χ3v) is 7.53. The van der Waals surface area contributed by atoms with E-state index in [1.807, 2.05) is 18.2 Å². The van der Waals surface area contributed by atoms with Crippen molar-refractivity contribution in [3.05, 3.63) is 69.6 Å². The van der Waals surface area contributed by atoms with Crippen LogP contribution in [0.3, 0.4) is 0 Å². The van der Waals surface area contributed by atoms with Gasteiger partial charge in [-0.3, -0.25) is 4.79 Å². The average Bonchev–Trinajstić information content (AvgIpc) is 3.28. The van der Waals surface area contributed by atoms with E-state index in [-0.39, 0.29) is 5.91 Å². The number of carbonyl (C=O) groups excluding carboxylic acids is 1. The minimum Gasteiger partial charge on any atom is -0.313 e. The van der Waals surface area contributed by atoms with Crippen LogP contribution < -0.4 is 5.32 Å². The summed E-state index contributed by atoms with van der Waals surface area (Å²) in [5, 5.41) is 5.61. The standard InChI is InChI=1S/C22H18ClN3OS2/c1-26-11-10-15-18(12-26)29-22(25-20(27)13-6-8-14(23)9-7-13)19(15)21-24-16-4-2-3-5-17(16)28-21/h2-9H,10-12H2,1H3,(H,25,27). The zero-order valence-electron chi connectivity index (χ0n) is 15.7. The van der Waals surface area contributed by atoms with Crippen molar-refractivity contribution in [3.63, 3.8) is 0 Å². The van der Waals surface area contributed by atoms with Gasteiger partial charge in [0.15, 0.2) is 0 Å². The van der Waals surface area contributed by atoms with E-state index in [1.54, 1.807) is 46.9 Å². The molecule has 1 N–H and O–H groups in total. The Morgan fingerprint density at radius 1 is 1.14 bits per heavy atom. The number of anilines is 1. The number of para-hydroxylation sites is 1. The van der Waals surface area contributed by atoms with Crippen LogP contribution in [0.25, 0.3) is 20.8 Å². The number of thiophene rings is 1. The van der Waals surface area contributed by atoms with E-state index in [9.17, 15) is 4.79 Å². The fourth-order valence-corrected chi connectivity index (χ4v) is 6.16. The van der Waals surface area contributed by atoms with Crippen LogP contribution in [0, 0.1) is 0 Å².